The molecule has 0 spiro atoms. The van der Waals surface area contributed by atoms with Crippen molar-refractivity contribution in [3.8, 4) is 11.5 Å². The van der Waals surface area contributed by atoms with Gasteiger partial charge in [0.1, 0.15) is 6.04 Å². The molecule has 1 fully saturated rings. The number of nitrogens with one attached hydrogen (secondary N) is 2. The van der Waals surface area contributed by atoms with Gasteiger partial charge in [-0.1, -0.05) is 6.07 Å². The summed E-state index contributed by atoms with van der Waals surface area (Å²) in [7, 11) is 4.74. The van der Waals surface area contributed by atoms with Crippen molar-refractivity contribution < 1.29 is 23.9 Å². The molecule has 26 heavy (non-hydrogen) atoms. The van der Waals surface area contributed by atoms with Crippen LogP contribution >= 0.6 is 0 Å². The topological polar surface area (TPSA) is 97.0 Å². The highest BCUT2D eigenvalue weighted by Crippen LogP contribution is 2.27. The molecule has 8 nitrogen and oxygen atoms in total. The quantitative estimate of drug-likeness (QED) is 0.636. The SMILES string of the molecule is CNCC(=O)N1CCCC1C(=O)C(=O)NCc1ccc(OC)c(OC)c1. The normalized spacial score (nSPS) is 16.3. The maximum Gasteiger partial charge on any atom is 0.289 e. The molecule has 1 aromatic carbocycles. The van der Waals surface area contributed by atoms with Crippen LogP contribution in [0.2, 0.25) is 0 Å². The fourth-order valence-electron chi connectivity index (χ4n) is 3.00. The summed E-state index contributed by atoms with van der Waals surface area (Å²) >= 11 is 0. The molecule has 1 aliphatic rings. The largest absolute Gasteiger partial charge is 0.493 e. The predicted molar refractivity (Wildman–Crippen MR) is 95.1 cm³/mol. The third-order valence-corrected chi connectivity index (χ3v) is 4.33. The molecule has 142 valence electrons. The lowest BCUT2D eigenvalue weighted by Gasteiger charge is -2.23. The molecule has 8 heteroatoms. The van der Waals surface area contributed by atoms with Gasteiger partial charge in [0, 0.05) is 13.1 Å². The Bertz CT molecular complexity index is 677. The van der Waals surface area contributed by atoms with Crippen molar-refractivity contribution >= 4 is 17.6 Å². The lowest BCUT2D eigenvalue weighted by atomic mass is 10.1. The lowest BCUT2D eigenvalue weighted by Crippen LogP contribution is -2.48. The van der Waals surface area contributed by atoms with Crippen molar-refractivity contribution in [2.45, 2.75) is 25.4 Å². The van der Waals surface area contributed by atoms with Gasteiger partial charge in [0.25, 0.3) is 5.91 Å². The maximum absolute atomic E-state index is 12.4. The van der Waals surface area contributed by atoms with Gasteiger partial charge in [-0.05, 0) is 37.6 Å². The van der Waals surface area contributed by atoms with E-state index >= 15 is 0 Å². The number of hydrogen-bond acceptors (Lipinski definition) is 6. The number of likely N-dealkylation sites (N-methyl/N-ethyl adjacent to an activating group) is 1. The predicted octanol–water partition coefficient (Wildman–Crippen LogP) is 0.0995. The van der Waals surface area contributed by atoms with Crippen LogP contribution in [-0.2, 0) is 20.9 Å². The Morgan fingerprint density at radius 2 is 1.92 bits per heavy atom. The molecule has 2 N–H and O–H groups in total. The van der Waals surface area contributed by atoms with Gasteiger partial charge in [-0.2, -0.15) is 0 Å². The van der Waals surface area contributed by atoms with Gasteiger partial charge in [-0.15, -0.1) is 0 Å². The Morgan fingerprint density at radius 1 is 1.19 bits per heavy atom. The molecule has 0 aromatic heterocycles. The maximum atomic E-state index is 12.4. The molecule has 1 unspecified atom stereocenters. The number of amides is 2. The fourth-order valence-corrected chi connectivity index (χ4v) is 3.00. The van der Waals surface area contributed by atoms with Crippen molar-refractivity contribution in [2.75, 3.05) is 34.4 Å². The van der Waals surface area contributed by atoms with Crippen molar-refractivity contribution in [1.29, 1.82) is 0 Å². The van der Waals surface area contributed by atoms with E-state index in [9.17, 15) is 14.4 Å². The van der Waals surface area contributed by atoms with E-state index in [1.165, 1.54) is 12.0 Å². The summed E-state index contributed by atoms with van der Waals surface area (Å²) in [5, 5.41) is 5.39. The third kappa shape index (κ3) is 4.51. The van der Waals surface area contributed by atoms with E-state index < -0.39 is 17.7 Å². The number of hydrogen-bond donors (Lipinski definition) is 2. The first-order valence-electron chi connectivity index (χ1n) is 8.48. The Balaban J connectivity index is 1.97. The van der Waals surface area contributed by atoms with Crippen molar-refractivity contribution in [3.05, 3.63) is 23.8 Å². The van der Waals surface area contributed by atoms with Gasteiger partial charge in [0.2, 0.25) is 11.7 Å². The average molecular weight is 363 g/mol. The van der Waals surface area contributed by atoms with Crippen LogP contribution in [0, 0.1) is 0 Å². The Kier molecular flexibility index (Phi) is 6.97. The highest BCUT2D eigenvalue weighted by molar-refractivity contribution is 6.38. The van der Waals surface area contributed by atoms with E-state index in [0.717, 1.165) is 12.0 Å². The average Bonchev–Trinajstić information content (AvgIpc) is 3.15. The third-order valence-electron chi connectivity index (χ3n) is 4.33. The molecule has 0 bridgehead atoms. The van der Waals surface area contributed by atoms with E-state index in [4.69, 9.17) is 9.47 Å². The van der Waals surface area contributed by atoms with Crippen LogP contribution in [-0.4, -0.2) is 62.9 Å². The van der Waals surface area contributed by atoms with Crippen LogP contribution in [0.4, 0.5) is 0 Å². The molecular formula is C18H25N3O5. The molecule has 1 aliphatic heterocycles. The highest BCUT2D eigenvalue weighted by atomic mass is 16.5. The summed E-state index contributed by atoms with van der Waals surface area (Å²) in [6, 6.07) is 4.57. The summed E-state index contributed by atoms with van der Waals surface area (Å²) in [4.78, 5) is 38.2. The molecule has 1 saturated heterocycles. The monoisotopic (exact) mass is 363 g/mol. The first-order valence-corrected chi connectivity index (χ1v) is 8.48. The second kappa shape index (κ2) is 9.19. The second-order valence-corrected chi connectivity index (χ2v) is 6.01. The molecule has 1 aromatic rings. The fraction of sp³-hybridized carbons (Fsp3) is 0.500. The molecular weight excluding hydrogens is 338 g/mol. The van der Waals surface area contributed by atoms with E-state index in [1.54, 1.807) is 32.4 Å². The molecule has 2 amide bonds. The van der Waals surface area contributed by atoms with Crippen LogP contribution in [0.15, 0.2) is 18.2 Å². The summed E-state index contributed by atoms with van der Waals surface area (Å²) in [6.07, 6.45) is 1.23. The minimum Gasteiger partial charge on any atom is -0.493 e. The summed E-state index contributed by atoms with van der Waals surface area (Å²) in [6.45, 7) is 0.832. The van der Waals surface area contributed by atoms with Gasteiger partial charge in [-0.25, -0.2) is 0 Å². The van der Waals surface area contributed by atoms with Gasteiger partial charge >= 0.3 is 0 Å². The second-order valence-electron chi connectivity index (χ2n) is 6.01. The van der Waals surface area contributed by atoms with E-state index in [1.807, 2.05) is 0 Å². The minimum absolute atomic E-state index is 0.150. The molecule has 0 radical (unpaired) electrons. The summed E-state index contributed by atoms with van der Waals surface area (Å²) in [5.41, 5.74) is 0.776. The Hall–Kier alpha value is -2.61. The number of ether oxygens (including phenoxy) is 2. The standard InChI is InChI=1S/C18H25N3O5/c1-19-11-16(22)21-8-4-5-13(21)17(23)18(24)20-10-12-6-7-14(25-2)15(9-12)26-3/h6-7,9,13,19H,4-5,8,10-11H2,1-3H3,(H,20,24). The minimum atomic E-state index is -0.686. The Morgan fingerprint density at radius 3 is 2.58 bits per heavy atom. The number of carbonyl (C=O) groups is 3. The van der Waals surface area contributed by atoms with Crippen LogP contribution in [0.3, 0.4) is 0 Å². The number of ketones is 1. The first kappa shape index (κ1) is 19.7. The van der Waals surface area contributed by atoms with Gasteiger partial charge in [0.15, 0.2) is 11.5 Å². The number of nitrogens with zero attached hydrogens (tertiary/aromatic N) is 1. The molecule has 2 rings (SSSR count). The van der Waals surface area contributed by atoms with Crippen LogP contribution < -0.4 is 20.1 Å². The van der Waals surface area contributed by atoms with E-state index in [2.05, 4.69) is 10.6 Å². The van der Waals surface area contributed by atoms with E-state index in [-0.39, 0.29) is 19.0 Å². The molecule has 1 atom stereocenters. The first-order chi connectivity index (χ1) is 12.5. The number of benzene rings is 1. The molecule has 0 aliphatic carbocycles. The lowest BCUT2D eigenvalue weighted by molar-refractivity contribution is -0.144. The number of Topliss-reactive ketones (excluding diaryl/α,β-unsaturated/α-hetero) is 1. The van der Waals surface area contributed by atoms with Crippen LogP contribution in [0.25, 0.3) is 0 Å². The van der Waals surface area contributed by atoms with Crippen molar-refractivity contribution in [3.63, 3.8) is 0 Å². The smallest absolute Gasteiger partial charge is 0.289 e. The zero-order valence-electron chi connectivity index (χ0n) is 15.3. The zero-order chi connectivity index (χ0) is 19.1. The van der Waals surface area contributed by atoms with Gasteiger partial charge < -0.3 is 25.0 Å². The summed E-state index contributed by atoms with van der Waals surface area (Å²) in [5.74, 6) is -0.300. The number of rotatable bonds is 8. The molecule has 0 saturated carbocycles. The number of likely N-dealkylation sites (tertiary alicyclic amines) is 1. The highest BCUT2D eigenvalue weighted by Gasteiger charge is 2.36. The number of carbonyl (C=O) groups excluding carboxylic acids is 3. The van der Waals surface area contributed by atoms with Crippen LogP contribution in [0.1, 0.15) is 18.4 Å². The van der Waals surface area contributed by atoms with Crippen LogP contribution in [0.5, 0.6) is 11.5 Å². The van der Waals surface area contributed by atoms with Gasteiger partial charge in [-0.3, -0.25) is 14.4 Å². The van der Waals surface area contributed by atoms with Gasteiger partial charge in [0.05, 0.1) is 20.8 Å². The van der Waals surface area contributed by atoms with E-state index in [0.29, 0.717) is 24.5 Å². The molecule has 1 heterocycles. The van der Waals surface area contributed by atoms with Crippen molar-refractivity contribution in [1.82, 2.24) is 15.5 Å². The number of methoxy groups -OCH3 is 2. The van der Waals surface area contributed by atoms with Crippen molar-refractivity contribution in [2.24, 2.45) is 0 Å². The Labute approximate surface area is 152 Å². The zero-order valence-corrected chi connectivity index (χ0v) is 15.3. The summed E-state index contributed by atoms with van der Waals surface area (Å²) < 4.78 is 10.4.